The molecule has 0 unspecified atom stereocenters. The molecule has 0 aliphatic carbocycles. The fourth-order valence-electron chi connectivity index (χ4n) is 3.42. The van der Waals surface area contributed by atoms with Crippen molar-refractivity contribution in [2.75, 3.05) is 0 Å². The molecule has 0 radical (unpaired) electrons. The third-order valence-corrected chi connectivity index (χ3v) is 19.5. The van der Waals surface area contributed by atoms with Crippen LogP contribution in [0.15, 0.2) is 49.1 Å². The molecule has 5 nitrogen and oxygen atoms in total. The van der Waals surface area contributed by atoms with Crippen molar-refractivity contribution in [3.63, 3.8) is 0 Å². The van der Waals surface area contributed by atoms with Gasteiger partial charge in [-0.25, -0.2) is 0 Å². The van der Waals surface area contributed by atoms with Crippen LogP contribution in [0.3, 0.4) is 0 Å². The zero-order chi connectivity index (χ0) is 20.3. The maximum Gasteiger partial charge on any atom is 0.312 e. The summed E-state index contributed by atoms with van der Waals surface area (Å²) in [6, 6.07) is 8.13. The quantitative estimate of drug-likeness (QED) is 0.593. The van der Waals surface area contributed by atoms with Crippen LogP contribution in [0.1, 0.15) is 0 Å². The molecule has 2 heterocycles. The first-order valence-electron chi connectivity index (χ1n) is 9.25. The molecule has 0 bridgehead atoms. The average Bonchev–Trinajstić information content (AvgIpc) is 2.53. The predicted octanol–water partition coefficient (Wildman–Crippen LogP) is 3.45. The third-order valence-electron chi connectivity index (χ3n) is 4.21. The Balaban J connectivity index is 2.11. The van der Waals surface area contributed by atoms with Crippen molar-refractivity contribution in [2.24, 2.45) is 0 Å². The van der Waals surface area contributed by atoms with Gasteiger partial charge in [0.25, 0.3) is 0 Å². The Morgan fingerprint density at radius 3 is 1.26 bits per heavy atom. The van der Waals surface area contributed by atoms with E-state index in [1.54, 1.807) is 12.4 Å². The molecule has 148 valence electrons. The second kappa shape index (κ2) is 8.19. The van der Waals surface area contributed by atoms with Gasteiger partial charge in [-0.2, -0.15) is 0 Å². The van der Waals surface area contributed by atoms with Crippen LogP contribution < -0.4 is 10.4 Å². The van der Waals surface area contributed by atoms with Gasteiger partial charge in [0.2, 0.25) is 16.6 Å². The Bertz CT molecular complexity index is 677. The molecule has 0 saturated heterocycles. The van der Waals surface area contributed by atoms with Crippen LogP contribution in [0.4, 0.5) is 0 Å². The second-order valence-electron chi connectivity index (χ2n) is 8.61. The molecule has 2 rings (SSSR count). The minimum absolute atomic E-state index is 1.18. The van der Waals surface area contributed by atoms with Crippen LogP contribution in [0.25, 0.3) is 0 Å². The van der Waals surface area contributed by atoms with E-state index in [9.17, 15) is 0 Å². The molecule has 0 aromatic carbocycles. The first-order valence-corrected chi connectivity index (χ1v) is 20.7. The Morgan fingerprint density at radius 2 is 0.963 bits per heavy atom. The summed E-state index contributed by atoms with van der Waals surface area (Å²) in [4.78, 5) is 8.50. The summed E-state index contributed by atoms with van der Waals surface area (Å²) in [6.45, 7) is 17.3. The molecule has 9 heteroatoms. The Morgan fingerprint density at radius 1 is 0.593 bits per heavy atom. The van der Waals surface area contributed by atoms with Gasteiger partial charge in [-0.15, -0.1) is 0 Å². The van der Waals surface area contributed by atoms with Crippen LogP contribution in [-0.4, -0.2) is 43.7 Å². The number of rotatable bonds is 8. The SMILES string of the molecule is C[Si](C)(O[Si](C)(C)O[Si](C)(C)c1cccnc1)O[Si](C)(C)c1cccnc1. The number of hydrogen-bond donors (Lipinski definition) is 0. The fraction of sp³-hybridized carbons (Fsp3) is 0.444. The number of hydrogen-bond acceptors (Lipinski definition) is 5. The van der Waals surface area contributed by atoms with Gasteiger partial charge in [0.05, 0.1) is 0 Å². The van der Waals surface area contributed by atoms with Gasteiger partial charge < -0.3 is 12.3 Å². The second-order valence-corrected chi connectivity index (χ2v) is 23.9. The highest BCUT2D eigenvalue weighted by Gasteiger charge is 2.44. The summed E-state index contributed by atoms with van der Waals surface area (Å²) in [5.41, 5.74) is 0. The monoisotopic (exact) mass is 436 g/mol. The molecular formula is C18H32N2O3Si4. The average molecular weight is 437 g/mol. The van der Waals surface area contributed by atoms with E-state index < -0.39 is 33.8 Å². The third kappa shape index (κ3) is 6.56. The van der Waals surface area contributed by atoms with E-state index in [4.69, 9.17) is 12.3 Å². The topological polar surface area (TPSA) is 53.5 Å². The van der Waals surface area contributed by atoms with Crippen LogP contribution >= 0.6 is 0 Å². The van der Waals surface area contributed by atoms with E-state index in [1.165, 1.54) is 10.4 Å². The lowest BCUT2D eigenvalue weighted by molar-refractivity contribution is 0.334. The van der Waals surface area contributed by atoms with Gasteiger partial charge in [-0.3, -0.25) is 9.97 Å². The van der Waals surface area contributed by atoms with Crippen molar-refractivity contribution in [2.45, 2.75) is 52.4 Å². The summed E-state index contributed by atoms with van der Waals surface area (Å²) in [6.07, 6.45) is 7.41. The zero-order valence-electron chi connectivity index (χ0n) is 17.7. The Labute approximate surface area is 167 Å². The number of aromatic nitrogens is 2. The van der Waals surface area contributed by atoms with Crippen molar-refractivity contribution in [3.8, 4) is 0 Å². The molecule has 2 aromatic heterocycles. The Kier molecular flexibility index (Phi) is 6.78. The van der Waals surface area contributed by atoms with Gasteiger partial charge in [0.1, 0.15) is 0 Å². The van der Waals surface area contributed by atoms with Crippen molar-refractivity contribution in [1.29, 1.82) is 0 Å². The van der Waals surface area contributed by atoms with Crippen LogP contribution in [0.5, 0.6) is 0 Å². The van der Waals surface area contributed by atoms with E-state index in [0.717, 1.165) is 0 Å². The fourth-order valence-corrected chi connectivity index (χ4v) is 21.8. The van der Waals surface area contributed by atoms with E-state index in [-0.39, 0.29) is 0 Å². The van der Waals surface area contributed by atoms with Gasteiger partial charge in [-0.1, -0.05) is 12.1 Å². The lowest BCUT2D eigenvalue weighted by Gasteiger charge is -2.41. The van der Waals surface area contributed by atoms with Gasteiger partial charge in [-0.05, 0) is 74.9 Å². The summed E-state index contributed by atoms with van der Waals surface area (Å²) in [7, 11) is -8.95. The smallest absolute Gasteiger partial charge is 0.312 e. The molecule has 0 spiro atoms. The van der Waals surface area contributed by atoms with E-state index >= 15 is 0 Å². The lowest BCUT2D eigenvalue weighted by Crippen LogP contribution is -2.60. The minimum atomic E-state index is -2.38. The number of nitrogens with zero attached hydrogens (tertiary/aromatic N) is 2. The van der Waals surface area contributed by atoms with Gasteiger partial charge in [0.15, 0.2) is 0 Å². The van der Waals surface area contributed by atoms with Gasteiger partial charge in [0, 0.05) is 24.8 Å². The van der Waals surface area contributed by atoms with Crippen molar-refractivity contribution in [1.82, 2.24) is 9.97 Å². The van der Waals surface area contributed by atoms with E-state index in [2.05, 4.69) is 74.5 Å². The lowest BCUT2D eigenvalue weighted by atomic mass is 10.5. The summed E-state index contributed by atoms with van der Waals surface area (Å²) < 4.78 is 19.9. The van der Waals surface area contributed by atoms with Crippen LogP contribution in [-0.2, 0) is 12.3 Å². The van der Waals surface area contributed by atoms with Crippen molar-refractivity contribution < 1.29 is 12.3 Å². The number of pyridine rings is 2. The standard InChI is InChI=1S/C18H32N2O3Si4/c1-24(2,17-11-9-13-19-15-17)21-26(5,6)23-27(7,8)22-25(3,4)18-12-10-14-20-16-18/h9-16H,1-8H3. The Hall–Kier alpha value is -0.952. The summed E-state index contributed by atoms with van der Waals surface area (Å²) >= 11 is 0. The highest BCUT2D eigenvalue weighted by atomic mass is 28.5. The molecular weight excluding hydrogens is 405 g/mol. The molecule has 2 aromatic rings. The van der Waals surface area contributed by atoms with Crippen molar-refractivity contribution in [3.05, 3.63) is 49.1 Å². The maximum atomic E-state index is 6.64. The first kappa shape index (κ1) is 22.3. The normalized spacial score (nSPS) is 13.6. The summed E-state index contributed by atoms with van der Waals surface area (Å²) in [5, 5.41) is 2.36. The molecule has 27 heavy (non-hydrogen) atoms. The van der Waals surface area contributed by atoms with Crippen LogP contribution in [0.2, 0.25) is 52.4 Å². The zero-order valence-corrected chi connectivity index (χ0v) is 21.7. The molecule has 0 atom stereocenters. The molecule has 0 saturated carbocycles. The van der Waals surface area contributed by atoms with E-state index in [1.807, 2.05) is 24.5 Å². The molecule has 0 fully saturated rings. The maximum absolute atomic E-state index is 6.64. The largest absolute Gasteiger partial charge is 0.433 e. The first-order chi connectivity index (χ1) is 12.3. The summed E-state index contributed by atoms with van der Waals surface area (Å²) in [5.74, 6) is 0. The molecule has 0 aliphatic heterocycles. The predicted molar refractivity (Wildman–Crippen MR) is 121 cm³/mol. The highest BCUT2D eigenvalue weighted by molar-refractivity contribution is 6.95. The highest BCUT2D eigenvalue weighted by Crippen LogP contribution is 2.23. The molecule has 0 amide bonds. The van der Waals surface area contributed by atoms with Crippen LogP contribution in [0, 0.1) is 0 Å². The van der Waals surface area contributed by atoms with Crippen molar-refractivity contribution >= 4 is 44.1 Å². The van der Waals surface area contributed by atoms with Gasteiger partial charge >= 0.3 is 17.1 Å². The minimum Gasteiger partial charge on any atom is -0.433 e. The van der Waals surface area contributed by atoms with E-state index in [0.29, 0.717) is 0 Å². The molecule has 0 aliphatic rings. The molecule has 0 N–H and O–H groups in total.